The fourth-order valence-electron chi connectivity index (χ4n) is 3.86. The zero-order valence-corrected chi connectivity index (χ0v) is 19.7. The number of allylic oxidation sites excluding steroid dienone is 2. The number of thioether (sulfide) groups is 2. The van der Waals surface area contributed by atoms with Crippen molar-refractivity contribution in [3.05, 3.63) is 45.7 Å². The Hall–Kier alpha value is -3.30. The van der Waals surface area contributed by atoms with Crippen LogP contribution in [0.2, 0.25) is 0 Å². The van der Waals surface area contributed by atoms with Gasteiger partial charge in [0.2, 0.25) is 0 Å². The first-order chi connectivity index (χ1) is 16.4. The fourth-order valence-corrected chi connectivity index (χ4v) is 6.58. The number of hydrogen-bond donors (Lipinski definition) is 4. The number of carbonyl (C=O) groups excluding carboxylic acids is 2. The van der Waals surface area contributed by atoms with Gasteiger partial charge in [0, 0.05) is 30.1 Å². The Morgan fingerprint density at radius 3 is 2.91 bits per heavy atom. The van der Waals surface area contributed by atoms with Crippen LogP contribution in [0.25, 0.3) is 0 Å². The lowest BCUT2D eigenvalue weighted by Gasteiger charge is -2.49. The fraction of sp³-hybridized carbons (Fsp3) is 0.263. The topological polar surface area (TPSA) is 174 Å². The summed E-state index contributed by atoms with van der Waals surface area (Å²) in [5.74, 6) is -1.54. The summed E-state index contributed by atoms with van der Waals surface area (Å²) in [4.78, 5) is 50.0. The van der Waals surface area contributed by atoms with Crippen molar-refractivity contribution in [1.82, 2.24) is 20.1 Å². The van der Waals surface area contributed by atoms with E-state index in [0.29, 0.717) is 23.7 Å². The maximum Gasteiger partial charge on any atom is 0.352 e. The number of nitrogen functional groups attached to an aromatic ring is 1. The van der Waals surface area contributed by atoms with E-state index in [1.54, 1.807) is 11.8 Å². The van der Waals surface area contributed by atoms with Gasteiger partial charge in [-0.25, -0.2) is 9.78 Å². The van der Waals surface area contributed by atoms with E-state index in [1.807, 2.05) is 23.4 Å². The third kappa shape index (κ3) is 3.84. The summed E-state index contributed by atoms with van der Waals surface area (Å²) >= 11 is 4.03. The number of thiazole rings is 1. The number of amides is 2. The number of carboxylic acids is 1. The highest BCUT2D eigenvalue weighted by molar-refractivity contribution is 8.04. The molecule has 0 saturated carbocycles. The number of oxime groups is 1. The Kier molecular flexibility index (Phi) is 5.83. The molecule has 5 heterocycles. The molecule has 0 aromatic carbocycles. The number of carboxylic acid groups (broad SMARTS) is 1. The number of nitrogens with two attached hydrogens (primary N) is 1. The van der Waals surface area contributed by atoms with E-state index in [0.717, 1.165) is 22.0 Å². The van der Waals surface area contributed by atoms with Crippen molar-refractivity contribution < 1.29 is 24.7 Å². The van der Waals surface area contributed by atoms with Gasteiger partial charge in [-0.05, 0) is 11.6 Å². The molecule has 1 aromatic rings. The summed E-state index contributed by atoms with van der Waals surface area (Å²) in [6.07, 6.45) is 5.63. The molecule has 5 rings (SSSR count). The average molecular weight is 520 g/mol. The second-order valence-corrected chi connectivity index (χ2v) is 10.4. The van der Waals surface area contributed by atoms with E-state index in [-0.39, 0.29) is 22.2 Å². The molecule has 1 aromatic heterocycles. The van der Waals surface area contributed by atoms with Crippen LogP contribution in [-0.4, -0.2) is 83.9 Å². The Balaban J connectivity index is 1.32. The standard InChI is InChI=1S/C19H17N7O5S3/c20-19-22-10(6-33-19)12(24-31)15(27)23-13-16(28)26-14(18(29)30)8(5-32-17(13)26)3-25-2-1-9-11(4-25)34-7-21-9/h1-2,4,6,13,17,31H,3,5,7H2,(H2,20,22)(H,23,27)(H,29,30)/b24-12-/t13?,17-/m1/s1. The van der Waals surface area contributed by atoms with Crippen LogP contribution in [0.5, 0.6) is 0 Å². The lowest BCUT2D eigenvalue weighted by Crippen LogP contribution is -2.71. The average Bonchev–Trinajstić information content (AvgIpc) is 3.46. The van der Waals surface area contributed by atoms with Crippen molar-refractivity contribution in [2.75, 3.05) is 23.9 Å². The number of rotatable bonds is 6. The molecule has 0 bridgehead atoms. The van der Waals surface area contributed by atoms with Gasteiger partial charge in [-0.3, -0.25) is 19.5 Å². The van der Waals surface area contributed by atoms with E-state index in [1.165, 1.54) is 22.0 Å². The van der Waals surface area contributed by atoms with Crippen LogP contribution in [0.4, 0.5) is 5.13 Å². The number of aliphatic carboxylic acids is 1. The van der Waals surface area contributed by atoms with E-state index >= 15 is 0 Å². The number of hydrogen-bond acceptors (Lipinski definition) is 12. The smallest absolute Gasteiger partial charge is 0.352 e. The summed E-state index contributed by atoms with van der Waals surface area (Å²) in [7, 11) is 0. The molecule has 34 heavy (non-hydrogen) atoms. The first kappa shape index (κ1) is 22.5. The van der Waals surface area contributed by atoms with Gasteiger partial charge < -0.3 is 26.3 Å². The van der Waals surface area contributed by atoms with E-state index < -0.39 is 29.2 Å². The second-order valence-electron chi connectivity index (χ2n) is 7.44. The minimum absolute atomic E-state index is 0.0760. The van der Waals surface area contributed by atoms with Gasteiger partial charge in [0.05, 0.1) is 16.5 Å². The van der Waals surface area contributed by atoms with Crippen molar-refractivity contribution in [2.24, 2.45) is 10.1 Å². The van der Waals surface area contributed by atoms with Crippen LogP contribution < -0.4 is 11.1 Å². The summed E-state index contributed by atoms with van der Waals surface area (Å²) in [6.45, 7) is 0.308. The molecule has 12 nitrogen and oxygen atoms in total. The highest BCUT2D eigenvalue weighted by Gasteiger charge is 2.54. The van der Waals surface area contributed by atoms with Crippen LogP contribution in [0.15, 0.2) is 50.2 Å². The van der Waals surface area contributed by atoms with Crippen molar-refractivity contribution in [3.63, 3.8) is 0 Å². The van der Waals surface area contributed by atoms with Crippen molar-refractivity contribution in [3.8, 4) is 0 Å². The third-order valence-corrected chi connectivity index (χ3v) is 8.30. The first-order valence-electron chi connectivity index (χ1n) is 9.85. The molecule has 2 amide bonds. The van der Waals surface area contributed by atoms with E-state index in [9.17, 15) is 24.7 Å². The minimum Gasteiger partial charge on any atom is -0.477 e. The van der Waals surface area contributed by atoms with E-state index in [2.05, 4.69) is 20.4 Å². The van der Waals surface area contributed by atoms with Gasteiger partial charge in [-0.1, -0.05) is 16.9 Å². The number of nitrogens with zero attached hydrogens (tertiary/aromatic N) is 5. The molecule has 4 aliphatic rings. The third-order valence-electron chi connectivity index (χ3n) is 5.40. The summed E-state index contributed by atoms with van der Waals surface area (Å²) in [5, 5.41) is 25.7. The summed E-state index contributed by atoms with van der Waals surface area (Å²) in [5.41, 5.74) is 6.68. The Labute approximate surface area is 205 Å². The monoisotopic (exact) mass is 519 g/mol. The molecule has 2 atom stereocenters. The predicted molar refractivity (Wildman–Crippen MR) is 128 cm³/mol. The molecule has 15 heteroatoms. The molecule has 0 spiro atoms. The van der Waals surface area contributed by atoms with Crippen molar-refractivity contribution in [2.45, 2.75) is 11.4 Å². The molecule has 0 aliphatic carbocycles. The SMILES string of the molecule is Nc1nc(/C(=N/O)C(=O)NC2C(=O)N3C(C(=O)O)=C(CN4C=CC5=NCSC5=C4)CS[C@H]23)cs1. The van der Waals surface area contributed by atoms with Crippen LogP contribution in [0, 0.1) is 0 Å². The maximum atomic E-state index is 12.9. The normalized spacial score (nSPS) is 23.8. The predicted octanol–water partition coefficient (Wildman–Crippen LogP) is 0.458. The van der Waals surface area contributed by atoms with Gasteiger partial charge >= 0.3 is 5.97 Å². The molecular formula is C19H17N7O5S3. The molecule has 5 N–H and O–H groups in total. The van der Waals surface area contributed by atoms with Crippen LogP contribution in [-0.2, 0) is 14.4 Å². The van der Waals surface area contributed by atoms with Crippen molar-refractivity contribution in [1.29, 1.82) is 0 Å². The van der Waals surface area contributed by atoms with Gasteiger partial charge in [0.15, 0.2) is 10.8 Å². The van der Waals surface area contributed by atoms with Crippen LogP contribution >= 0.6 is 34.9 Å². The molecule has 1 saturated heterocycles. The summed E-state index contributed by atoms with van der Waals surface area (Å²) in [6, 6.07) is -0.966. The summed E-state index contributed by atoms with van der Waals surface area (Å²) < 4.78 is 0. The van der Waals surface area contributed by atoms with Crippen molar-refractivity contribution >= 4 is 69.2 Å². The number of aromatic nitrogens is 1. The number of carbonyl (C=O) groups is 3. The lowest BCUT2D eigenvalue weighted by molar-refractivity contribution is -0.150. The number of aliphatic imine (C=N–C) groups is 1. The second kappa shape index (κ2) is 8.81. The molecular weight excluding hydrogens is 502 g/mol. The minimum atomic E-state index is -1.21. The zero-order chi connectivity index (χ0) is 24.0. The quantitative estimate of drug-likeness (QED) is 0.179. The molecule has 1 unspecified atom stereocenters. The van der Waals surface area contributed by atoms with E-state index in [4.69, 9.17) is 5.73 Å². The van der Waals surface area contributed by atoms with Crippen LogP contribution in [0.1, 0.15) is 5.69 Å². The highest BCUT2D eigenvalue weighted by Crippen LogP contribution is 2.41. The van der Waals surface area contributed by atoms with Gasteiger partial charge in [0.25, 0.3) is 11.8 Å². The molecule has 176 valence electrons. The lowest BCUT2D eigenvalue weighted by atomic mass is 10.0. The molecule has 1 fully saturated rings. The number of anilines is 1. The van der Waals surface area contributed by atoms with Gasteiger partial charge in [0.1, 0.15) is 22.8 Å². The van der Waals surface area contributed by atoms with Gasteiger partial charge in [-0.15, -0.1) is 23.1 Å². The van der Waals surface area contributed by atoms with Crippen LogP contribution in [0.3, 0.4) is 0 Å². The number of fused-ring (bicyclic) bond motifs is 2. The van der Waals surface area contributed by atoms with Gasteiger partial charge in [-0.2, -0.15) is 0 Å². The largest absolute Gasteiger partial charge is 0.477 e. The first-order valence-corrected chi connectivity index (χ1v) is 12.8. The Morgan fingerprint density at radius 1 is 1.38 bits per heavy atom. The number of nitrogens with one attached hydrogen (secondary N) is 1. The number of β-lactam (4-membered cyclic amide) rings is 1. The Morgan fingerprint density at radius 2 is 2.21 bits per heavy atom. The molecule has 4 aliphatic heterocycles. The zero-order valence-electron chi connectivity index (χ0n) is 17.2. The Bertz CT molecular complexity index is 1250. The molecule has 0 radical (unpaired) electrons. The maximum absolute atomic E-state index is 12.9. The highest BCUT2D eigenvalue weighted by atomic mass is 32.2.